The third-order valence-corrected chi connectivity index (χ3v) is 2.50. The minimum atomic E-state index is -0.518. The Hall–Kier alpha value is -0.540. The molecule has 0 aliphatic heterocycles. The number of alkyl halides is 1. The number of amides is 1. The van der Waals surface area contributed by atoms with Crippen LogP contribution in [0.1, 0.15) is 20.8 Å². The number of carbonyl (C=O) groups is 1. The van der Waals surface area contributed by atoms with Crippen molar-refractivity contribution in [2.75, 3.05) is 25.6 Å². The molecule has 0 bridgehead atoms. The summed E-state index contributed by atoms with van der Waals surface area (Å²) in [5, 5.41) is 2.77. The lowest BCUT2D eigenvalue weighted by Gasteiger charge is -2.20. The average molecular weight is 234 g/mol. The molecule has 15 heavy (non-hydrogen) atoms. The SMILES string of the molecule is C=C(C)COCCNC(=O)C(C)(C)CCl. The van der Waals surface area contributed by atoms with Gasteiger partial charge < -0.3 is 10.1 Å². The molecule has 0 rings (SSSR count). The summed E-state index contributed by atoms with van der Waals surface area (Å²) in [6, 6.07) is 0. The summed E-state index contributed by atoms with van der Waals surface area (Å²) in [6.07, 6.45) is 0. The summed E-state index contributed by atoms with van der Waals surface area (Å²) in [5.74, 6) is 0.266. The minimum absolute atomic E-state index is 0.0450. The molecule has 0 unspecified atom stereocenters. The standard InChI is InChI=1S/C11H20ClNO2/c1-9(2)7-15-6-5-13-10(14)11(3,4)8-12/h1,5-8H2,2-4H3,(H,13,14). The van der Waals surface area contributed by atoms with Crippen molar-refractivity contribution in [2.45, 2.75) is 20.8 Å². The second-order valence-electron chi connectivity index (χ2n) is 4.28. The van der Waals surface area contributed by atoms with Crippen LogP contribution in [0.25, 0.3) is 0 Å². The number of hydrogen-bond acceptors (Lipinski definition) is 2. The maximum absolute atomic E-state index is 11.5. The van der Waals surface area contributed by atoms with Gasteiger partial charge in [0.05, 0.1) is 18.6 Å². The van der Waals surface area contributed by atoms with Crippen LogP contribution in [0.2, 0.25) is 0 Å². The van der Waals surface area contributed by atoms with Crippen molar-refractivity contribution >= 4 is 17.5 Å². The molecule has 1 N–H and O–H groups in total. The fourth-order valence-corrected chi connectivity index (χ4v) is 0.904. The molecule has 3 nitrogen and oxygen atoms in total. The van der Waals surface area contributed by atoms with E-state index >= 15 is 0 Å². The molecular weight excluding hydrogens is 214 g/mol. The number of ether oxygens (including phenoxy) is 1. The third kappa shape index (κ3) is 6.52. The summed E-state index contributed by atoms with van der Waals surface area (Å²) in [6.45, 7) is 10.8. The van der Waals surface area contributed by atoms with Gasteiger partial charge in [-0.1, -0.05) is 12.2 Å². The zero-order valence-corrected chi connectivity index (χ0v) is 10.5. The van der Waals surface area contributed by atoms with Gasteiger partial charge >= 0.3 is 0 Å². The Morgan fingerprint density at radius 2 is 2.13 bits per heavy atom. The molecule has 0 fully saturated rings. The molecule has 0 aromatic rings. The Morgan fingerprint density at radius 3 is 2.60 bits per heavy atom. The van der Waals surface area contributed by atoms with E-state index in [0.717, 1.165) is 5.57 Å². The molecule has 0 aliphatic carbocycles. The molecule has 0 saturated carbocycles. The minimum Gasteiger partial charge on any atom is -0.375 e. The van der Waals surface area contributed by atoms with Crippen molar-refractivity contribution in [1.82, 2.24) is 5.32 Å². The molecule has 0 aromatic heterocycles. The van der Waals surface area contributed by atoms with Gasteiger partial charge in [-0.05, 0) is 20.8 Å². The predicted octanol–water partition coefficient (Wildman–Crippen LogP) is 1.96. The molecule has 0 saturated heterocycles. The lowest BCUT2D eigenvalue weighted by atomic mass is 9.95. The molecule has 0 aliphatic rings. The van der Waals surface area contributed by atoms with Crippen molar-refractivity contribution in [3.8, 4) is 0 Å². The van der Waals surface area contributed by atoms with E-state index in [1.165, 1.54) is 0 Å². The Kier molecular flexibility index (Phi) is 6.61. The van der Waals surface area contributed by atoms with Gasteiger partial charge in [0.2, 0.25) is 5.91 Å². The van der Waals surface area contributed by atoms with Crippen molar-refractivity contribution in [2.24, 2.45) is 5.41 Å². The van der Waals surface area contributed by atoms with Crippen molar-refractivity contribution in [1.29, 1.82) is 0 Å². The van der Waals surface area contributed by atoms with Crippen LogP contribution in [-0.4, -0.2) is 31.5 Å². The van der Waals surface area contributed by atoms with Gasteiger partial charge in [-0.2, -0.15) is 0 Å². The van der Waals surface area contributed by atoms with Crippen LogP contribution >= 0.6 is 11.6 Å². The number of carbonyl (C=O) groups excluding carboxylic acids is 1. The normalized spacial score (nSPS) is 11.2. The highest BCUT2D eigenvalue weighted by atomic mass is 35.5. The van der Waals surface area contributed by atoms with Gasteiger partial charge in [0.1, 0.15) is 0 Å². The average Bonchev–Trinajstić information content (AvgIpc) is 2.16. The highest BCUT2D eigenvalue weighted by molar-refractivity contribution is 6.19. The topological polar surface area (TPSA) is 38.3 Å². The molecule has 0 heterocycles. The van der Waals surface area contributed by atoms with Gasteiger partial charge in [0.15, 0.2) is 0 Å². The van der Waals surface area contributed by atoms with Gasteiger partial charge in [-0.25, -0.2) is 0 Å². The summed E-state index contributed by atoms with van der Waals surface area (Å²) in [7, 11) is 0. The maximum Gasteiger partial charge on any atom is 0.226 e. The summed E-state index contributed by atoms with van der Waals surface area (Å²) in [5.41, 5.74) is 0.457. The van der Waals surface area contributed by atoms with Crippen LogP contribution in [0.3, 0.4) is 0 Å². The fraction of sp³-hybridized carbons (Fsp3) is 0.727. The quantitative estimate of drug-likeness (QED) is 0.415. The van der Waals surface area contributed by atoms with Crippen molar-refractivity contribution in [3.05, 3.63) is 12.2 Å². The first-order valence-electron chi connectivity index (χ1n) is 4.96. The van der Waals surface area contributed by atoms with E-state index in [0.29, 0.717) is 25.6 Å². The highest BCUT2D eigenvalue weighted by Gasteiger charge is 2.25. The summed E-state index contributed by atoms with van der Waals surface area (Å²) in [4.78, 5) is 11.5. The first kappa shape index (κ1) is 14.5. The monoisotopic (exact) mass is 233 g/mol. The largest absolute Gasteiger partial charge is 0.375 e. The van der Waals surface area contributed by atoms with Gasteiger partial charge in [-0.3, -0.25) is 4.79 Å². The second-order valence-corrected chi connectivity index (χ2v) is 4.55. The number of nitrogens with one attached hydrogen (secondary N) is 1. The van der Waals surface area contributed by atoms with E-state index < -0.39 is 5.41 Å². The molecule has 4 heteroatoms. The van der Waals surface area contributed by atoms with Crippen LogP contribution in [0.15, 0.2) is 12.2 Å². The molecule has 0 atom stereocenters. The van der Waals surface area contributed by atoms with Gasteiger partial charge in [-0.15, -0.1) is 11.6 Å². The summed E-state index contributed by atoms with van der Waals surface area (Å²) >= 11 is 5.67. The van der Waals surface area contributed by atoms with E-state index in [4.69, 9.17) is 16.3 Å². The van der Waals surface area contributed by atoms with Crippen molar-refractivity contribution < 1.29 is 9.53 Å². The van der Waals surface area contributed by atoms with Crippen molar-refractivity contribution in [3.63, 3.8) is 0 Å². The number of rotatable bonds is 7. The molecular formula is C11H20ClNO2. The number of halogens is 1. The fourth-order valence-electron chi connectivity index (χ4n) is 0.783. The van der Waals surface area contributed by atoms with Gasteiger partial charge in [0.25, 0.3) is 0 Å². The molecule has 0 spiro atoms. The number of hydrogen-bond donors (Lipinski definition) is 1. The zero-order valence-electron chi connectivity index (χ0n) is 9.73. The second kappa shape index (κ2) is 6.85. The van der Waals surface area contributed by atoms with Gasteiger partial charge in [0, 0.05) is 12.4 Å². The van der Waals surface area contributed by atoms with E-state index in [9.17, 15) is 4.79 Å². The summed E-state index contributed by atoms with van der Waals surface area (Å²) < 4.78 is 5.24. The lowest BCUT2D eigenvalue weighted by molar-refractivity contribution is -0.128. The van der Waals surface area contributed by atoms with Crippen LogP contribution in [0.5, 0.6) is 0 Å². The Balaban J connectivity index is 3.60. The molecule has 1 amide bonds. The predicted molar refractivity (Wildman–Crippen MR) is 63.1 cm³/mol. The van der Waals surface area contributed by atoms with E-state index in [1.807, 2.05) is 20.8 Å². The smallest absolute Gasteiger partial charge is 0.226 e. The Morgan fingerprint density at radius 1 is 1.53 bits per heavy atom. The maximum atomic E-state index is 11.5. The zero-order chi connectivity index (χ0) is 11.9. The third-order valence-electron chi connectivity index (χ3n) is 1.83. The van der Waals surface area contributed by atoms with E-state index in [1.54, 1.807) is 0 Å². The lowest BCUT2D eigenvalue weighted by Crippen LogP contribution is -2.39. The van der Waals surface area contributed by atoms with E-state index in [-0.39, 0.29) is 5.91 Å². The highest BCUT2D eigenvalue weighted by Crippen LogP contribution is 2.16. The van der Waals surface area contributed by atoms with Crippen LogP contribution in [0, 0.1) is 5.41 Å². The molecule has 0 aromatic carbocycles. The Labute approximate surface area is 96.8 Å². The molecule has 0 radical (unpaired) electrons. The molecule has 88 valence electrons. The van der Waals surface area contributed by atoms with E-state index in [2.05, 4.69) is 11.9 Å². The first-order valence-corrected chi connectivity index (χ1v) is 5.50. The van der Waals surface area contributed by atoms with Crippen LogP contribution < -0.4 is 5.32 Å². The van der Waals surface area contributed by atoms with Crippen LogP contribution in [-0.2, 0) is 9.53 Å². The first-order chi connectivity index (χ1) is 6.90. The Bertz CT molecular complexity index is 227. The van der Waals surface area contributed by atoms with Crippen LogP contribution in [0.4, 0.5) is 0 Å².